The van der Waals surface area contributed by atoms with Crippen molar-refractivity contribution in [3.8, 4) is 11.5 Å². The topological polar surface area (TPSA) is 93.9 Å². The van der Waals surface area contributed by atoms with Gasteiger partial charge in [-0.3, -0.25) is 19.8 Å². The van der Waals surface area contributed by atoms with Gasteiger partial charge in [-0.25, -0.2) is 0 Å². The van der Waals surface area contributed by atoms with Crippen molar-refractivity contribution in [3.05, 3.63) is 27.8 Å². The minimum absolute atomic E-state index is 0.0245. The van der Waals surface area contributed by atoms with E-state index in [-0.39, 0.29) is 23.1 Å². The summed E-state index contributed by atoms with van der Waals surface area (Å²) in [6.45, 7) is 0.735. The third-order valence-corrected chi connectivity index (χ3v) is 4.52. The van der Waals surface area contributed by atoms with Crippen molar-refractivity contribution in [1.82, 2.24) is 10.2 Å². The van der Waals surface area contributed by atoms with Crippen molar-refractivity contribution in [1.29, 1.82) is 0 Å². The molecule has 1 aliphatic rings. The van der Waals surface area contributed by atoms with E-state index in [4.69, 9.17) is 4.74 Å². The predicted octanol–water partition coefficient (Wildman–Crippen LogP) is 2.55. The molecule has 0 unspecified atom stereocenters. The van der Waals surface area contributed by atoms with Crippen LogP contribution in [0.5, 0.6) is 11.5 Å². The fourth-order valence-corrected chi connectivity index (χ4v) is 3.11. The molecule has 1 fully saturated rings. The number of benzene rings is 1. The number of likely N-dealkylation sites (tertiary alicyclic amines) is 1. The number of carbonyl (C=O) groups excluding carboxylic acids is 1. The van der Waals surface area contributed by atoms with Crippen LogP contribution in [0.3, 0.4) is 0 Å². The highest BCUT2D eigenvalue weighted by atomic mass is 19.3. The minimum atomic E-state index is -3.10. The summed E-state index contributed by atoms with van der Waals surface area (Å²) in [4.78, 5) is 23.8. The van der Waals surface area contributed by atoms with Crippen molar-refractivity contribution in [2.75, 3.05) is 26.7 Å². The molecule has 1 amide bonds. The molecule has 10 heteroatoms. The van der Waals surface area contributed by atoms with Gasteiger partial charge in [-0.2, -0.15) is 8.78 Å². The standard InChI is InChI=1S/C17H23F2N3O5/c1-11(23)20-9-12-3-5-21(6-4-12)10-13-7-15(26-2)16(27-17(18)19)8-14(13)22(24)25/h7-8,12,17H,3-6,9-10H2,1-2H3,(H,20,23). The van der Waals surface area contributed by atoms with Crippen molar-refractivity contribution < 1.29 is 28.0 Å². The second-order valence-corrected chi connectivity index (χ2v) is 6.42. The van der Waals surface area contributed by atoms with Crippen molar-refractivity contribution in [3.63, 3.8) is 0 Å². The van der Waals surface area contributed by atoms with Crippen LogP contribution in [0.25, 0.3) is 0 Å². The van der Waals surface area contributed by atoms with E-state index in [9.17, 15) is 23.7 Å². The first-order chi connectivity index (χ1) is 12.8. The Labute approximate surface area is 155 Å². The van der Waals surface area contributed by atoms with Gasteiger partial charge < -0.3 is 14.8 Å². The van der Waals surface area contributed by atoms with E-state index in [2.05, 4.69) is 15.0 Å². The summed E-state index contributed by atoms with van der Waals surface area (Å²) in [5, 5.41) is 14.2. The molecule has 1 heterocycles. The Morgan fingerprint density at radius 1 is 1.37 bits per heavy atom. The molecule has 1 aromatic rings. The highest BCUT2D eigenvalue weighted by Gasteiger charge is 2.25. The Morgan fingerprint density at radius 2 is 2.04 bits per heavy atom. The zero-order valence-electron chi connectivity index (χ0n) is 15.2. The molecule has 2 rings (SSSR count). The Bertz CT molecular complexity index is 679. The normalized spacial score (nSPS) is 15.6. The number of nitro groups is 1. The summed E-state index contributed by atoms with van der Waals surface area (Å²) >= 11 is 0. The molecule has 150 valence electrons. The molecule has 0 aromatic heterocycles. The van der Waals surface area contributed by atoms with Crippen LogP contribution in [-0.2, 0) is 11.3 Å². The molecule has 1 aromatic carbocycles. The van der Waals surface area contributed by atoms with Crippen LogP contribution in [-0.4, -0.2) is 49.1 Å². The lowest BCUT2D eigenvalue weighted by Crippen LogP contribution is -2.37. The predicted molar refractivity (Wildman–Crippen MR) is 93.0 cm³/mol. The average molecular weight is 387 g/mol. The molecule has 0 saturated carbocycles. The molecule has 1 N–H and O–H groups in total. The van der Waals surface area contributed by atoms with E-state index in [1.165, 1.54) is 20.1 Å². The molecule has 0 radical (unpaired) electrons. The number of carbonyl (C=O) groups is 1. The van der Waals surface area contributed by atoms with Gasteiger partial charge in [0.2, 0.25) is 5.91 Å². The van der Waals surface area contributed by atoms with Crippen LogP contribution in [0.4, 0.5) is 14.5 Å². The second-order valence-electron chi connectivity index (χ2n) is 6.42. The lowest BCUT2D eigenvalue weighted by Gasteiger charge is -2.32. The molecular weight excluding hydrogens is 364 g/mol. The van der Waals surface area contributed by atoms with Crippen molar-refractivity contribution in [2.24, 2.45) is 5.92 Å². The van der Waals surface area contributed by atoms with Gasteiger partial charge in [0.05, 0.1) is 18.1 Å². The van der Waals surface area contributed by atoms with Gasteiger partial charge in [0.1, 0.15) is 0 Å². The number of alkyl halides is 2. The number of amides is 1. The molecule has 1 saturated heterocycles. The lowest BCUT2D eigenvalue weighted by molar-refractivity contribution is -0.385. The molecule has 0 atom stereocenters. The summed E-state index contributed by atoms with van der Waals surface area (Å²) < 4.78 is 34.4. The van der Waals surface area contributed by atoms with Gasteiger partial charge >= 0.3 is 6.61 Å². The van der Waals surface area contributed by atoms with Gasteiger partial charge in [0.15, 0.2) is 11.5 Å². The molecule has 0 aliphatic carbocycles. The van der Waals surface area contributed by atoms with Crippen molar-refractivity contribution >= 4 is 11.6 Å². The van der Waals surface area contributed by atoms with Crippen LogP contribution in [0.15, 0.2) is 12.1 Å². The number of nitrogens with one attached hydrogen (secondary N) is 1. The Kier molecular flexibility index (Phi) is 7.28. The maximum absolute atomic E-state index is 12.5. The van der Waals surface area contributed by atoms with Crippen LogP contribution >= 0.6 is 0 Å². The molecule has 1 aliphatic heterocycles. The smallest absolute Gasteiger partial charge is 0.387 e. The van der Waals surface area contributed by atoms with Crippen LogP contribution < -0.4 is 14.8 Å². The quantitative estimate of drug-likeness (QED) is 0.544. The maximum atomic E-state index is 12.5. The first kappa shape index (κ1) is 20.8. The first-order valence-corrected chi connectivity index (χ1v) is 8.57. The number of nitro benzene ring substituents is 1. The van der Waals surface area contributed by atoms with Crippen LogP contribution in [0.2, 0.25) is 0 Å². The number of methoxy groups -OCH3 is 1. The summed E-state index contributed by atoms with van der Waals surface area (Å²) in [5.41, 5.74) is 0.0885. The summed E-state index contributed by atoms with van der Waals surface area (Å²) in [7, 11) is 1.29. The number of halogens is 2. The van der Waals surface area contributed by atoms with Gasteiger partial charge in [0, 0.05) is 25.6 Å². The highest BCUT2D eigenvalue weighted by Crippen LogP contribution is 2.36. The van der Waals surface area contributed by atoms with E-state index in [1.54, 1.807) is 0 Å². The van der Waals surface area contributed by atoms with E-state index in [1.807, 2.05) is 0 Å². The number of ether oxygens (including phenoxy) is 2. The SMILES string of the molecule is COc1cc(CN2CCC(CNC(C)=O)CC2)c([N+](=O)[O-])cc1OC(F)F. The number of rotatable bonds is 8. The summed E-state index contributed by atoms with van der Waals surface area (Å²) in [6.07, 6.45) is 1.72. The van der Waals surface area contributed by atoms with Gasteiger partial charge in [-0.1, -0.05) is 0 Å². The molecule has 27 heavy (non-hydrogen) atoms. The second kappa shape index (κ2) is 9.45. The summed E-state index contributed by atoms with van der Waals surface area (Å²) in [6, 6.07) is 2.35. The highest BCUT2D eigenvalue weighted by molar-refractivity contribution is 5.72. The van der Waals surface area contributed by atoms with Gasteiger partial charge in [-0.05, 0) is 37.9 Å². The van der Waals surface area contributed by atoms with Crippen LogP contribution in [0.1, 0.15) is 25.3 Å². The van der Waals surface area contributed by atoms with Crippen LogP contribution in [0, 0.1) is 16.0 Å². The average Bonchev–Trinajstić information content (AvgIpc) is 2.61. The third-order valence-electron chi connectivity index (χ3n) is 4.52. The lowest BCUT2D eigenvalue weighted by atomic mass is 9.96. The third kappa shape index (κ3) is 6.02. The molecule has 8 nitrogen and oxygen atoms in total. The molecular formula is C17H23F2N3O5. The van der Waals surface area contributed by atoms with E-state index >= 15 is 0 Å². The summed E-state index contributed by atoms with van der Waals surface area (Å²) in [5.74, 6) is -0.0313. The van der Waals surface area contributed by atoms with Crippen molar-refractivity contribution in [2.45, 2.75) is 32.9 Å². The number of nitrogens with zero attached hydrogens (tertiary/aromatic N) is 2. The zero-order chi connectivity index (χ0) is 20.0. The number of hydrogen-bond acceptors (Lipinski definition) is 6. The van der Waals surface area contributed by atoms with E-state index in [0.29, 0.717) is 24.6 Å². The van der Waals surface area contributed by atoms with E-state index < -0.39 is 11.5 Å². The van der Waals surface area contributed by atoms with Gasteiger partial charge in [-0.15, -0.1) is 0 Å². The Morgan fingerprint density at radius 3 is 2.56 bits per heavy atom. The fourth-order valence-electron chi connectivity index (χ4n) is 3.11. The Hall–Kier alpha value is -2.49. The van der Waals surface area contributed by atoms with E-state index in [0.717, 1.165) is 32.0 Å². The zero-order valence-corrected chi connectivity index (χ0v) is 15.2. The monoisotopic (exact) mass is 387 g/mol. The largest absolute Gasteiger partial charge is 0.493 e. The molecule has 0 spiro atoms. The number of piperidine rings is 1. The maximum Gasteiger partial charge on any atom is 0.387 e. The minimum Gasteiger partial charge on any atom is -0.493 e. The fraction of sp³-hybridized carbons (Fsp3) is 0.588. The first-order valence-electron chi connectivity index (χ1n) is 8.57. The number of hydrogen-bond donors (Lipinski definition) is 1. The Balaban J connectivity index is 2.09. The van der Waals surface area contributed by atoms with Gasteiger partial charge in [0.25, 0.3) is 5.69 Å². The molecule has 0 bridgehead atoms.